The van der Waals surface area contributed by atoms with Gasteiger partial charge in [-0.15, -0.1) is 0 Å². The lowest BCUT2D eigenvalue weighted by molar-refractivity contribution is 0.0795. The number of rotatable bonds is 4. The SMILES string of the molecule is Cn1c(=O)oc2ccc(CNCC(C)(C)O)cc21. The normalized spacial score (nSPS) is 12.2. The summed E-state index contributed by atoms with van der Waals surface area (Å²) in [4.78, 5) is 11.3. The molecule has 0 amide bonds. The van der Waals surface area contributed by atoms with Crippen molar-refractivity contribution >= 4 is 11.1 Å². The summed E-state index contributed by atoms with van der Waals surface area (Å²) in [7, 11) is 1.68. The largest absolute Gasteiger partial charge is 0.419 e. The Morgan fingerprint density at radius 2 is 2.17 bits per heavy atom. The maximum absolute atomic E-state index is 11.3. The van der Waals surface area contributed by atoms with Crippen LogP contribution in [0, 0.1) is 0 Å². The van der Waals surface area contributed by atoms with Gasteiger partial charge in [-0.25, -0.2) is 4.79 Å². The molecule has 2 aromatic rings. The van der Waals surface area contributed by atoms with E-state index in [4.69, 9.17) is 4.42 Å². The fourth-order valence-electron chi connectivity index (χ4n) is 1.79. The van der Waals surface area contributed by atoms with Gasteiger partial charge < -0.3 is 14.8 Å². The zero-order valence-corrected chi connectivity index (χ0v) is 10.9. The first-order chi connectivity index (χ1) is 8.37. The van der Waals surface area contributed by atoms with Crippen LogP contribution < -0.4 is 11.1 Å². The van der Waals surface area contributed by atoms with E-state index in [1.165, 1.54) is 4.57 Å². The number of nitrogens with one attached hydrogen (secondary N) is 1. The molecule has 0 fully saturated rings. The van der Waals surface area contributed by atoms with E-state index in [0.29, 0.717) is 18.7 Å². The molecular formula is C13H18N2O3. The van der Waals surface area contributed by atoms with Crippen molar-refractivity contribution in [3.63, 3.8) is 0 Å². The number of hydrogen-bond acceptors (Lipinski definition) is 4. The molecule has 0 atom stereocenters. The van der Waals surface area contributed by atoms with Crippen LogP contribution in [0.1, 0.15) is 19.4 Å². The molecule has 98 valence electrons. The maximum atomic E-state index is 11.3. The standard InChI is InChI=1S/C13H18N2O3/c1-13(2,17)8-14-7-9-4-5-11-10(6-9)15(3)12(16)18-11/h4-6,14,17H,7-8H2,1-3H3. The fraction of sp³-hybridized carbons (Fsp3) is 0.462. The Balaban J connectivity index is 2.15. The fourth-order valence-corrected chi connectivity index (χ4v) is 1.79. The average Bonchev–Trinajstić information content (AvgIpc) is 2.54. The first-order valence-corrected chi connectivity index (χ1v) is 5.88. The molecule has 5 nitrogen and oxygen atoms in total. The molecule has 0 aliphatic rings. The summed E-state index contributed by atoms with van der Waals surface area (Å²) in [5, 5.41) is 12.8. The van der Waals surface area contributed by atoms with Gasteiger partial charge in [-0.05, 0) is 31.5 Å². The highest BCUT2D eigenvalue weighted by atomic mass is 16.4. The number of aromatic nitrogens is 1. The van der Waals surface area contributed by atoms with E-state index in [-0.39, 0.29) is 5.76 Å². The van der Waals surface area contributed by atoms with Gasteiger partial charge >= 0.3 is 5.76 Å². The zero-order valence-electron chi connectivity index (χ0n) is 10.9. The van der Waals surface area contributed by atoms with E-state index in [1.807, 2.05) is 12.1 Å². The molecule has 1 aromatic carbocycles. The molecule has 0 saturated heterocycles. The van der Waals surface area contributed by atoms with Gasteiger partial charge in [0.15, 0.2) is 5.58 Å². The minimum Gasteiger partial charge on any atom is -0.408 e. The van der Waals surface area contributed by atoms with E-state index in [9.17, 15) is 9.90 Å². The number of nitrogens with zero attached hydrogens (tertiary/aromatic N) is 1. The molecule has 1 aromatic heterocycles. The van der Waals surface area contributed by atoms with Crippen LogP contribution in [0.5, 0.6) is 0 Å². The van der Waals surface area contributed by atoms with Gasteiger partial charge in [0, 0.05) is 20.1 Å². The smallest absolute Gasteiger partial charge is 0.408 e. The molecule has 5 heteroatoms. The Labute approximate surface area is 105 Å². The molecule has 0 spiro atoms. The van der Waals surface area contributed by atoms with Crippen molar-refractivity contribution in [3.8, 4) is 0 Å². The molecule has 18 heavy (non-hydrogen) atoms. The summed E-state index contributed by atoms with van der Waals surface area (Å²) in [6.07, 6.45) is 0. The van der Waals surface area contributed by atoms with E-state index in [0.717, 1.165) is 11.1 Å². The van der Waals surface area contributed by atoms with Gasteiger partial charge in [0.2, 0.25) is 0 Å². The summed E-state index contributed by atoms with van der Waals surface area (Å²) >= 11 is 0. The molecule has 0 saturated carbocycles. The maximum Gasteiger partial charge on any atom is 0.419 e. The van der Waals surface area contributed by atoms with Crippen molar-refractivity contribution in [1.29, 1.82) is 0 Å². The molecule has 0 aliphatic heterocycles. The monoisotopic (exact) mass is 250 g/mol. The second-order valence-electron chi connectivity index (χ2n) is 5.15. The van der Waals surface area contributed by atoms with Gasteiger partial charge in [0.05, 0.1) is 11.1 Å². The Morgan fingerprint density at radius 1 is 1.44 bits per heavy atom. The average molecular weight is 250 g/mol. The molecular weight excluding hydrogens is 232 g/mol. The highest BCUT2D eigenvalue weighted by Crippen LogP contribution is 2.14. The molecule has 0 unspecified atom stereocenters. The number of oxazole rings is 1. The Kier molecular flexibility index (Phi) is 3.28. The molecule has 1 heterocycles. The van der Waals surface area contributed by atoms with Crippen molar-refractivity contribution in [3.05, 3.63) is 34.3 Å². The van der Waals surface area contributed by atoms with Gasteiger partial charge in [-0.2, -0.15) is 0 Å². The lowest BCUT2D eigenvalue weighted by atomic mass is 10.1. The van der Waals surface area contributed by atoms with Crippen LogP contribution in [0.15, 0.2) is 27.4 Å². The van der Waals surface area contributed by atoms with Crippen LogP contribution in [0.4, 0.5) is 0 Å². The summed E-state index contributed by atoms with van der Waals surface area (Å²) in [6.45, 7) is 4.65. The summed E-state index contributed by atoms with van der Waals surface area (Å²) < 4.78 is 6.54. The third-order valence-corrected chi connectivity index (χ3v) is 2.74. The summed E-state index contributed by atoms with van der Waals surface area (Å²) in [5.41, 5.74) is 1.69. The van der Waals surface area contributed by atoms with Gasteiger partial charge in [0.1, 0.15) is 0 Å². The van der Waals surface area contributed by atoms with Crippen molar-refractivity contribution < 1.29 is 9.52 Å². The number of hydrogen-bond donors (Lipinski definition) is 2. The third kappa shape index (κ3) is 2.80. The van der Waals surface area contributed by atoms with Crippen LogP contribution in [0.3, 0.4) is 0 Å². The van der Waals surface area contributed by atoms with Crippen LogP contribution in [-0.2, 0) is 13.6 Å². The van der Waals surface area contributed by atoms with Crippen molar-refractivity contribution in [2.45, 2.75) is 26.0 Å². The van der Waals surface area contributed by atoms with Gasteiger partial charge in [-0.1, -0.05) is 6.07 Å². The minimum atomic E-state index is -0.730. The second kappa shape index (κ2) is 4.59. The van der Waals surface area contributed by atoms with Crippen molar-refractivity contribution in [1.82, 2.24) is 9.88 Å². The number of fused-ring (bicyclic) bond motifs is 1. The molecule has 0 radical (unpaired) electrons. The Morgan fingerprint density at radius 3 is 2.83 bits per heavy atom. The van der Waals surface area contributed by atoms with Crippen molar-refractivity contribution in [2.24, 2.45) is 7.05 Å². The minimum absolute atomic E-state index is 0.355. The molecule has 2 rings (SSSR count). The third-order valence-electron chi connectivity index (χ3n) is 2.74. The predicted octanol–water partition coefficient (Wildman–Crippen LogP) is 0.992. The summed E-state index contributed by atoms with van der Waals surface area (Å²) in [6, 6.07) is 5.61. The Bertz CT molecular complexity index is 605. The van der Waals surface area contributed by atoms with Crippen LogP contribution >= 0.6 is 0 Å². The molecule has 0 aliphatic carbocycles. The predicted molar refractivity (Wildman–Crippen MR) is 69.5 cm³/mol. The molecule has 2 N–H and O–H groups in total. The quantitative estimate of drug-likeness (QED) is 0.849. The van der Waals surface area contributed by atoms with Crippen LogP contribution in [-0.4, -0.2) is 21.8 Å². The number of aryl methyl sites for hydroxylation is 1. The summed E-state index contributed by atoms with van der Waals surface area (Å²) in [5.74, 6) is -0.355. The van der Waals surface area contributed by atoms with Gasteiger partial charge in [0.25, 0.3) is 0 Å². The highest BCUT2D eigenvalue weighted by molar-refractivity contribution is 5.73. The lowest BCUT2D eigenvalue weighted by Gasteiger charge is -2.17. The molecule has 0 bridgehead atoms. The van der Waals surface area contributed by atoms with E-state index in [2.05, 4.69) is 5.32 Å². The second-order valence-corrected chi connectivity index (χ2v) is 5.15. The van der Waals surface area contributed by atoms with E-state index < -0.39 is 5.60 Å². The first kappa shape index (κ1) is 12.9. The number of aliphatic hydroxyl groups is 1. The Hall–Kier alpha value is -1.59. The lowest BCUT2D eigenvalue weighted by Crippen LogP contribution is -2.34. The van der Waals surface area contributed by atoms with E-state index in [1.54, 1.807) is 27.0 Å². The highest BCUT2D eigenvalue weighted by Gasteiger charge is 2.11. The number of benzene rings is 1. The van der Waals surface area contributed by atoms with Crippen molar-refractivity contribution in [2.75, 3.05) is 6.54 Å². The van der Waals surface area contributed by atoms with Crippen LogP contribution in [0.25, 0.3) is 11.1 Å². The first-order valence-electron chi connectivity index (χ1n) is 5.88. The topological polar surface area (TPSA) is 67.4 Å². The van der Waals surface area contributed by atoms with E-state index >= 15 is 0 Å². The van der Waals surface area contributed by atoms with Gasteiger partial charge in [-0.3, -0.25) is 4.57 Å². The zero-order chi connectivity index (χ0) is 13.3. The van der Waals surface area contributed by atoms with Crippen LogP contribution in [0.2, 0.25) is 0 Å².